The molecule has 0 fully saturated rings. The van der Waals surface area contributed by atoms with Gasteiger partial charge in [-0.3, -0.25) is 9.48 Å². The van der Waals surface area contributed by atoms with Crippen molar-refractivity contribution in [2.45, 2.75) is 32.1 Å². The van der Waals surface area contributed by atoms with Crippen LogP contribution in [0, 0.1) is 0 Å². The maximum Gasteiger partial charge on any atom is 0.303 e. The molecule has 0 aliphatic heterocycles. The van der Waals surface area contributed by atoms with Crippen molar-refractivity contribution in [2.75, 3.05) is 0 Å². The second-order valence-corrected chi connectivity index (χ2v) is 3.74. The van der Waals surface area contributed by atoms with E-state index in [9.17, 15) is 4.79 Å². The van der Waals surface area contributed by atoms with E-state index < -0.39 is 5.97 Å². The van der Waals surface area contributed by atoms with E-state index in [1.54, 1.807) is 0 Å². The molecule has 2 rings (SSSR count). The summed E-state index contributed by atoms with van der Waals surface area (Å²) in [5.41, 5.74) is 3.58. The number of carbonyl (C=O) groups is 1. The number of carboxylic acids is 1. The van der Waals surface area contributed by atoms with Crippen LogP contribution in [0.5, 0.6) is 0 Å². The third-order valence-electron chi connectivity index (χ3n) is 2.77. The average Bonchev–Trinajstić information content (AvgIpc) is 2.67. The van der Waals surface area contributed by atoms with Gasteiger partial charge in [-0.25, -0.2) is 0 Å². The summed E-state index contributed by atoms with van der Waals surface area (Å²) in [5, 5.41) is 13.0. The van der Waals surface area contributed by atoms with Crippen molar-refractivity contribution in [1.82, 2.24) is 9.78 Å². The SMILES string of the molecule is Cn1nc(CCC(=O)O)c2c1CCC2. The van der Waals surface area contributed by atoms with Crippen LogP contribution in [-0.4, -0.2) is 20.9 Å². The van der Waals surface area contributed by atoms with E-state index in [0.29, 0.717) is 6.42 Å². The van der Waals surface area contributed by atoms with Gasteiger partial charge in [0, 0.05) is 19.2 Å². The van der Waals surface area contributed by atoms with E-state index in [1.807, 2.05) is 11.7 Å². The Kier molecular flexibility index (Phi) is 2.27. The first-order chi connectivity index (χ1) is 6.68. The fraction of sp³-hybridized carbons (Fsp3) is 0.600. The molecule has 1 N–H and O–H groups in total. The monoisotopic (exact) mass is 194 g/mol. The maximum atomic E-state index is 10.4. The summed E-state index contributed by atoms with van der Waals surface area (Å²) in [6, 6.07) is 0. The van der Waals surface area contributed by atoms with Crippen molar-refractivity contribution in [2.24, 2.45) is 7.05 Å². The van der Waals surface area contributed by atoms with Crippen LogP contribution >= 0.6 is 0 Å². The quantitative estimate of drug-likeness (QED) is 0.778. The summed E-state index contributed by atoms with van der Waals surface area (Å²) in [6.07, 6.45) is 4.09. The summed E-state index contributed by atoms with van der Waals surface area (Å²) in [5.74, 6) is -0.748. The molecule has 0 atom stereocenters. The molecule has 1 aromatic rings. The minimum Gasteiger partial charge on any atom is -0.481 e. The first-order valence-corrected chi connectivity index (χ1v) is 4.94. The van der Waals surface area contributed by atoms with Crippen LogP contribution in [0.2, 0.25) is 0 Å². The topological polar surface area (TPSA) is 55.1 Å². The van der Waals surface area contributed by atoms with Gasteiger partial charge in [0.2, 0.25) is 0 Å². The summed E-state index contributed by atoms with van der Waals surface area (Å²) in [7, 11) is 1.94. The lowest BCUT2D eigenvalue weighted by Gasteiger charge is -1.95. The molecule has 0 saturated carbocycles. The van der Waals surface area contributed by atoms with Gasteiger partial charge in [0.05, 0.1) is 12.1 Å². The predicted octanol–water partition coefficient (Wildman–Crippen LogP) is 0.926. The Morgan fingerprint density at radius 1 is 1.57 bits per heavy atom. The number of hydrogen-bond acceptors (Lipinski definition) is 2. The Morgan fingerprint density at radius 2 is 2.36 bits per heavy atom. The highest BCUT2D eigenvalue weighted by atomic mass is 16.4. The zero-order valence-corrected chi connectivity index (χ0v) is 8.29. The number of carboxylic acid groups (broad SMARTS) is 1. The van der Waals surface area contributed by atoms with Crippen molar-refractivity contribution in [3.8, 4) is 0 Å². The van der Waals surface area contributed by atoms with Crippen LogP contribution < -0.4 is 0 Å². The van der Waals surface area contributed by atoms with Gasteiger partial charge in [-0.2, -0.15) is 5.10 Å². The number of fused-ring (bicyclic) bond motifs is 1. The average molecular weight is 194 g/mol. The van der Waals surface area contributed by atoms with E-state index in [2.05, 4.69) is 5.10 Å². The van der Waals surface area contributed by atoms with Gasteiger partial charge in [0.1, 0.15) is 0 Å². The van der Waals surface area contributed by atoms with E-state index in [1.165, 1.54) is 17.7 Å². The van der Waals surface area contributed by atoms with Crippen molar-refractivity contribution in [3.63, 3.8) is 0 Å². The standard InChI is InChI=1S/C10H14N2O2/c1-12-9-4-2-3-7(9)8(11-12)5-6-10(13)14/h2-6H2,1H3,(H,13,14). The summed E-state index contributed by atoms with van der Waals surface area (Å²) in [6.45, 7) is 0. The Labute approximate surface area is 82.5 Å². The van der Waals surface area contributed by atoms with Gasteiger partial charge >= 0.3 is 5.97 Å². The van der Waals surface area contributed by atoms with Crippen molar-refractivity contribution < 1.29 is 9.90 Å². The Bertz CT molecular complexity index is 368. The van der Waals surface area contributed by atoms with Crippen LogP contribution in [0.25, 0.3) is 0 Å². The summed E-state index contributed by atoms with van der Waals surface area (Å²) in [4.78, 5) is 10.4. The first kappa shape index (κ1) is 9.24. The molecule has 0 spiro atoms. The molecule has 1 aromatic heterocycles. The smallest absolute Gasteiger partial charge is 0.303 e. The summed E-state index contributed by atoms with van der Waals surface area (Å²) < 4.78 is 1.90. The highest BCUT2D eigenvalue weighted by molar-refractivity contribution is 5.67. The Hall–Kier alpha value is -1.32. The highest BCUT2D eigenvalue weighted by Gasteiger charge is 2.20. The molecular formula is C10H14N2O2. The largest absolute Gasteiger partial charge is 0.481 e. The van der Waals surface area contributed by atoms with Crippen molar-refractivity contribution in [3.05, 3.63) is 17.0 Å². The molecule has 0 amide bonds. The van der Waals surface area contributed by atoms with Crippen molar-refractivity contribution in [1.29, 1.82) is 0 Å². The second kappa shape index (κ2) is 3.44. The van der Waals surface area contributed by atoms with Gasteiger partial charge in [-0.15, -0.1) is 0 Å². The van der Waals surface area contributed by atoms with E-state index in [-0.39, 0.29) is 6.42 Å². The fourth-order valence-corrected chi connectivity index (χ4v) is 2.12. The number of nitrogens with zero attached hydrogens (tertiary/aromatic N) is 2. The van der Waals surface area contributed by atoms with Crippen LogP contribution in [0.3, 0.4) is 0 Å². The van der Waals surface area contributed by atoms with Crippen molar-refractivity contribution >= 4 is 5.97 Å². The molecule has 1 aliphatic rings. The third kappa shape index (κ3) is 1.52. The zero-order chi connectivity index (χ0) is 10.1. The van der Waals surface area contributed by atoms with Gasteiger partial charge in [-0.1, -0.05) is 0 Å². The molecule has 4 heteroatoms. The van der Waals surface area contributed by atoms with Crippen LogP contribution in [0.15, 0.2) is 0 Å². The van der Waals surface area contributed by atoms with Crippen LogP contribution in [0.1, 0.15) is 29.8 Å². The Morgan fingerprint density at radius 3 is 3.07 bits per heavy atom. The fourth-order valence-electron chi connectivity index (χ4n) is 2.12. The molecule has 0 saturated heterocycles. The van der Waals surface area contributed by atoms with Gasteiger partial charge < -0.3 is 5.11 Å². The van der Waals surface area contributed by atoms with Gasteiger partial charge in [0.15, 0.2) is 0 Å². The van der Waals surface area contributed by atoms with Crippen LogP contribution in [0.4, 0.5) is 0 Å². The third-order valence-corrected chi connectivity index (χ3v) is 2.77. The van der Waals surface area contributed by atoms with Crippen LogP contribution in [-0.2, 0) is 31.1 Å². The lowest BCUT2D eigenvalue weighted by atomic mass is 10.1. The number of rotatable bonds is 3. The lowest BCUT2D eigenvalue weighted by molar-refractivity contribution is -0.136. The molecule has 0 bridgehead atoms. The maximum absolute atomic E-state index is 10.4. The molecule has 1 aliphatic carbocycles. The van der Waals surface area contributed by atoms with E-state index in [0.717, 1.165) is 18.5 Å². The van der Waals surface area contributed by atoms with E-state index in [4.69, 9.17) is 5.11 Å². The predicted molar refractivity (Wildman–Crippen MR) is 51.2 cm³/mol. The molecule has 0 unspecified atom stereocenters. The summed E-state index contributed by atoms with van der Waals surface area (Å²) >= 11 is 0. The number of hydrogen-bond donors (Lipinski definition) is 1. The number of aliphatic carboxylic acids is 1. The highest BCUT2D eigenvalue weighted by Crippen LogP contribution is 2.25. The first-order valence-electron chi connectivity index (χ1n) is 4.94. The number of aromatic nitrogens is 2. The number of aryl methyl sites for hydroxylation is 2. The minimum atomic E-state index is -0.748. The lowest BCUT2D eigenvalue weighted by Crippen LogP contribution is -2.01. The molecule has 76 valence electrons. The van der Waals surface area contributed by atoms with Gasteiger partial charge in [0.25, 0.3) is 0 Å². The zero-order valence-electron chi connectivity index (χ0n) is 8.29. The molecule has 0 radical (unpaired) electrons. The molecular weight excluding hydrogens is 180 g/mol. The molecule has 4 nitrogen and oxygen atoms in total. The normalized spacial score (nSPS) is 14.4. The second-order valence-electron chi connectivity index (χ2n) is 3.74. The molecule has 14 heavy (non-hydrogen) atoms. The molecule has 0 aromatic carbocycles. The minimum absolute atomic E-state index is 0.184. The Balaban J connectivity index is 2.18. The molecule has 1 heterocycles. The van der Waals surface area contributed by atoms with Gasteiger partial charge in [-0.05, 0) is 24.8 Å². The van der Waals surface area contributed by atoms with E-state index >= 15 is 0 Å².